The molecule has 3 heteroatoms. The Morgan fingerprint density at radius 1 is 1.20 bits per heavy atom. The fraction of sp³-hybridized carbons (Fsp3) is 0.364. The lowest BCUT2D eigenvalue weighted by atomic mass is 9.87. The van der Waals surface area contributed by atoms with Crippen LogP contribution in [-0.4, -0.2) is 16.9 Å². The number of rotatable bonds is 5. The first-order chi connectivity index (χ1) is 12.0. The van der Waals surface area contributed by atoms with Gasteiger partial charge in [-0.25, -0.2) is 0 Å². The van der Waals surface area contributed by atoms with E-state index < -0.39 is 11.9 Å². The maximum absolute atomic E-state index is 12.1. The van der Waals surface area contributed by atoms with Gasteiger partial charge in [0.15, 0.2) is 0 Å². The molecule has 0 bridgehead atoms. The third-order valence-electron chi connectivity index (χ3n) is 5.26. The average Bonchev–Trinajstić information content (AvgIpc) is 3.00. The van der Waals surface area contributed by atoms with Gasteiger partial charge >= 0.3 is 5.97 Å². The van der Waals surface area contributed by atoms with E-state index in [4.69, 9.17) is 0 Å². The Hall–Kier alpha value is -2.42. The molecule has 25 heavy (non-hydrogen) atoms. The molecule has 0 aliphatic heterocycles. The second kappa shape index (κ2) is 7.22. The van der Waals surface area contributed by atoms with Gasteiger partial charge in [0.2, 0.25) is 0 Å². The molecule has 0 spiro atoms. The van der Waals surface area contributed by atoms with Gasteiger partial charge in [-0.1, -0.05) is 48.0 Å². The molecule has 0 radical (unpaired) electrons. The third kappa shape index (κ3) is 3.81. The molecule has 0 heterocycles. The van der Waals surface area contributed by atoms with E-state index >= 15 is 0 Å². The van der Waals surface area contributed by atoms with Crippen molar-refractivity contribution in [3.63, 3.8) is 0 Å². The first kappa shape index (κ1) is 17.4. The molecule has 1 aliphatic rings. The van der Waals surface area contributed by atoms with Crippen molar-refractivity contribution < 1.29 is 14.7 Å². The van der Waals surface area contributed by atoms with E-state index in [-0.39, 0.29) is 5.92 Å². The van der Waals surface area contributed by atoms with Crippen LogP contribution in [0.1, 0.15) is 48.8 Å². The number of Topliss-reactive ketones (excluding diaryl/α,β-unsaturated/α-hetero) is 1. The number of aryl methyl sites for hydroxylation is 1. The van der Waals surface area contributed by atoms with Crippen LogP contribution in [0.25, 0.3) is 11.1 Å². The van der Waals surface area contributed by atoms with Crippen LogP contribution in [-0.2, 0) is 16.0 Å². The molecule has 0 aromatic heterocycles. The predicted molar refractivity (Wildman–Crippen MR) is 98.7 cm³/mol. The van der Waals surface area contributed by atoms with Gasteiger partial charge in [0.25, 0.3) is 0 Å². The Balaban J connectivity index is 2.02. The Morgan fingerprint density at radius 3 is 2.52 bits per heavy atom. The molecule has 0 amide bonds. The van der Waals surface area contributed by atoms with Gasteiger partial charge in [-0.05, 0) is 55.4 Å². The van der Waals surface area contributed by atoms with Crippen molar-refractivity contribution in [3.8, 4) is 11.1 Å². The van der Waals surface area contributed by atoms with E-state index in [1.807, 2.05) is 25.1 Å². The van der Waals surface area contributed by atoms with Crippen LogP contribution in [0.5, 0.6) is 0 Å². The Kier molecular flexibility index (Phi) is 5.03. The summed E-state index contributed by atoms with van der Waals surface area (Å²) in [7, 11) is 0. The van der Waals surface area contributed by atoms with Gasteiger partial charge in [-0.3, -0.25) is 9.59 Å². The van der Waals surface area contributed by atoms with Crippen LogP contribution in [0, 0.1) is 12.8 Å². The van der Waals surface area contributed by atoms with Crippen LogP contribution in [0.15, 0.2) is 42.5 Å². The molecule has 2 aromatic carbocycles. The quantitative estimate of drug-likeness (QED) is 0.856. The number of aliphatic carboxylic acids is 1. The third-order valence-corrected chi connectivity index (χ3v) is 5.26. The second-order valence-electron chi connectivity index (χ2n) is 7.10. The zero-order chi connectivity index (χ0) is 18.0. The number of carboxylic acid groups (broad SMARTS) is 1. The zero-order valence-electron chi connectivity index (χ0n) is 14.8. The number of carbonyl (C=O) groups excluding carboxylic acids is 1. The maximum atomic E-state index is 12.1. The standard InChI is InChI=1S/C22H24O3/c1-14-6-8-16(9-7-14)20-13-17(15(2)22(24)25)10-11-18(20)12-19-4-3-5-21(19)23/h6-11,13,15,19H,3-5,12H2,1-2H3,(H,24,25). The van der Waals surface area contributed by atoms with Gasteiger partial charge in [-0.15, -0.1) is 0 Å². The Labute approximate surface area is 148 Å². The van der Waals surface area contributed by atoms with E-state index in [1.54, 1.807) is 6.92 Å². The normalized spacial score (nSPS) is 18.3. The van der Waals surface area contributed by atoms with Crippen LogP contribution in [0.3, 0.4) is 0 Å². The molecule has 1 N–H and O–H groups in total. The van der Waals surface area contributed by atoms with Crippen molar-refractivity contribution in [1.29, 1.82) is 0 Å². The molecule has 3 rings (SSSR count). The molecule has 2 aromatic rings. The first-order valence-corrected chi connectivity index (χ1v) is 8.91. The molecule has 1 saturated carbocycles. The average molecular weight is 336 g/mol. The second-order valence-corrected chi connectivity index (χ2v) is 7.10. The summed E-state index contributed by atoms with van der Waals surface area (Å²) in [6.07, 6.45) is 3.37. The Bertz CT molecular complexity index is 789. The number of hydrogen-bond donors (Lipinski definition) is 1. The minimum absolute atomic E-state index is 0.104. The van der Waals surface area contributed by atoms with E-state index in [0.29, 0.717) is 12.2 Å². The van der Waals surface area contributed by atoms with Gasteiger partial charge in [-0.2, -0.15) is 0 Å². The monoisotopic (exact) mass is 336 g/mol. The minimum Gasteiger partial charge on any atom is -0.481 e. The highest BCUT2D eigenvalue weighted by molar-refractivity contribution is 5.84. The molecular formula is C22H24O3. The SMILES string of the molecule is Cc1ccc(-c2cc(C(C)C(=O)O)ccc2CC2CCCC2=O)cc1. The summed E-state index contributed by atoms with van der Waals surface area (Å²) in [5, 5.41) is 9.32. The highest BCUT2D eigenvalue weighted by Gasteiger charge is 2.26. The van der Waals surface area contributed by atoms with Crippen molar-refractivity contribution in [2.45, 2.75) is 45.4 Å². The molecular weight excluding hydrogens is 312 g/mol. The van der Waals surface area contributed by atoms with E-state index in [9.17, 15) is 14.7 Å². The van der Waals surface area contributed by atoms with Gasteiger partial charge in [0.05, 0.1) is 5.92 Å². The van der Waals surface area contributed by atoms with Gasteiger partial charge in [0, 0.05) is 12.3 Å². The summed E-state index contributed by atoms with van der Waals surface area (Å²) in [4.78, 5) is 23.4. The zero-order valence-corrected chi connectivity index (χ0v) is 14.8. The topological polar surface area (TPSA) is 54.4 Å². The first-order valence-electron chi connectivity index (χ1n) is 8.91. The van der Waals surface area contributed by atoms with Crippen molar-refractivity contribution in [2.24, 2.45) is 5.92 Å². The van der Waals surface area contributed by atoms with Crippen molar-refractivity contribution in [3.05, 3.63) is 59.2 Å². The van der Waals surface area contributed by atoms with Crippen LogP contribution in [0.2, 0.25) is 0 Å². The Morgan fingerprint density at radius 2 is 1.92 bits per heavy atom. The molecule has 130 valence electrons. The van der Waals surface area contributed by atoms with Crippen LogP contribution >= 0.6 is 0 Å². The number of carbonyl (C=O) groups is 2. The van der Waals surface area contributed by atoms with E-state index in [1.165, 1.54) is 5.56 Å². The van der Waals surface area contributed by atoms with Crippen LogP contribution in [0.4, 0.5) is 0 Å². The fourth-order valence-electron chi connectivity index (χ4n) is 3.55. The van der Waals surface area contributed by atoms with Crippen molar-refractivity contribution in [2.75, 3.05) is 0 Å². The summed E-state index contributed by atoms with van der Waals surface area (Å²) < 4.78 is 0. The van der Waals surface area contributed by atoms with E-state index in [0.717, 1.165) is 41.5 Å². The minimum atomic E-state index is -0.825. The largest absolute Gasteiger partial charge is 0.481 e. The smallest absolute Gasteiger partial charge is 0.310 e. The molecule has 3 nitrogen and oxygen atoms in total. The molecule has 2 atom stereocenters. The fourth-order valence-corrected chi connectivity index (χ4v) is 3.55. The van der Waals surface area contributed by atoms with Gasteiger partial charge in [0.1, 0.15) is 5.78 Å². The number of hydrogen-bond acceptors (Lipinski definition) is 2. The summed E-state index contributed by atoms with van der Waals surface area (Å²) in [6, 6.07) is 14.2. The van der Waals surface area contributed by atoms with Crippen LogP contribution < -0.4 is 0 Å². The summed E-state index contributed by atoms with van der Waals surface area (Å²) in [6.45, 7) is 3.75. The lowest BCUT2D eigenvalue weighted by Crippen LogP contribution is -2.11. The molecule has 2 unspecified atom stereocenters. The number of ketones is 1. The highest BCUT2D eigenvalue weighted by atomic mass is 16.4. The summed E-state index contributed by atoms with van der Waals surface area (Å²) in [5.74, 6) is -0.912. The highest BCUT2D eigenvalue weighted by Crippen LogP contribution is 2.33. The molecule has 0 saturated heterocycles. The summed E-state index contributed by atoms with van der Waals surface area (Å²) in [5.41, 5.74) is 5.23. The van der Waals surface area contributed by atoms with Crippen molar-refractivity contribution in [1.82, 2.24) is 0 Å². The lowest BCUT2D eigenvalue weighted by molar-refractivity contribution is -0.138. The summed E-state index contributed by atoms with van der Waals surface area (Å²) >= 11 is 0. The maximum Gasteiger partial charge on any atom is 0.310 e. The molecule has 1 fully saturated rings. The number of benzene rings is 2. The number of carboxylic acids is 1. The van der Waals surface area contributed by atoms with E-state index in [2.05, 4.69) is 24.3 Å². The van der Waals surface area contributed by atoms with Gasteiger partial charge < -0.3 is 5.11 Å². The molecule has 1 aliphatic carbocycles. The predicted octanol–water partition coefficient (Wildman–Crippen LogP) is 4.76. The van der Waals surface area contributed by atoms with Crippen molar-refractivity contribution >= 4 is 11.8 Å². The lowest BCUT2D eigenvalue weighted by Gasteiger charge is -2.16.